The first-order chi connectivity index (χ1) is 23.6. The highest BCUT2D eigenvalue weighted by Gasteiger charge is 2.32. The minimum Gasteiger partial charge on any atom is -0.450 e. The summed E-state index contributed by atoms with van der Waals surface area (Å²) in [4.78, 5) is 24.2. The summed E-state index contributed by atoms with van der Waals surface area (Å²) >= 11 is 6.76. The number of rotatable bonds is 11. The summed E-state index contributed by atoms with van der Waals surface area (Å²) in [7, 11) is 1.57. The number of nitrogens with zero attached hydrogens (tertiary/aromatic N) is 5. The van der Waals surface area contributed by atoms with Gasteiger partial charge in [-0.1, -0.05) is 41.9 Å². The molecule has 3 aromatic heterocycles. The molecule has 0 atom stereocenters. The van der Waals surface area contributed by atoms with Crippen LogP contribution in [0.15, 0.2) is 89.1 Å². The van der Waals surface area contributed by atoms with E-state index in [1.165, 1.54) is 10.8 Å². The van der Waals surface area contributed by atoms with Crippen LogP contribution in [0.4, 0.5) is 24.8 Å². The van der Waals surface area contributed by atoms with Crippen molar-refractivity contribution in [1.29, 1.82) is 5.41 Å². The maximum Gasteiger partial charge on any atom is 0.417 e. The summed E-state index contributed by atoms with van der Waals surface area (Å²) in [6.45, 7) is 2.83. The van der Waals surface area contributed by atoms with Crippen molar-refractivity contribution in [2.75, 3.05) is 38.2 Å². The molecule has 49 heavy (non-hydrogen) atoms. The molecule has 1 aromatic carbocycles. The van der Waals surface area contributed by atoms with E-state index < -0.39 is 17.3 Å². The van der Waals surface area contributed by atoms with E-state index >= 15 is 0 Å². The lowest BCUT2D eigenvalue weighted by Crippen LogP contribution is -2.36. The molecule has 6 rings (SSSR count). The first kappa shape index (κ1) is 33.8. The molecule has 0 spiro atoms. The molecule has 2 aliphatic rings. The SMILES string of the molecule is Cn1c(Nc2cc(C(F)(F)F)cn(CCOCc3ccccc3)c2=O)nc2ncc(O/C(C=N)=C3\C=C(N4CCOCC4)C=CN3)c(Cl)c21. The minimum atomic E-state index is -4.72. The molecule has 12 nitrogen and oxygen atoms in total. The molecule has 0 bridgehead atoms. The van der Waals surface area contributed by atoms with Crippen LogP contribution in [0.3, 0.4) is 0 Å². The molecule has 0 saturated carbocycles. The number of hydrogen-bond acceptors (Lipinski definition) is 10. The molecular formula is C33H32ClF3N8O4. The fourth-order valence-corrected chi connectivity index (χ4v) is 5.58. The lowest BCUT2D eigenvalue weighted by molar-refractivity contribution is -0.138. The van der Waals surface area contributed by atoms with Crippen LogP contribution in [0.25, 0.3) is 11.2 Å². The number of imidazole rings is 1. The third kappa shape index (κ3) is 7.63. The van der Waals surface area contributed by atoms with E-state index in [0.717, 1.165) is 47.4 Å². The van der Waals surface area contributed by atoms with Crippen molar-refractivity contribution in [3.63, 3.8) is 0 Å². The highest BCUT2D eigenvalue weighted by Crippen LogP contribution is 2.35. The Hall–Kier alpha value is -5.12. The summed E-state index contributed by atoms with van der Waals surface area (Å²) in [5, 5.41) is 13.9. The van der Waals surface area contributed by atoms with Crippen LogP contribution in [-0.4, -0.2) is 63.1 Å². The number of ether oxygens (including phenoxy) is 3. The van der Waals surface area contributed by atoms with Crippen LogP contribution in [0, 0.1) is 5.41 Å². The predicted octanol–water partition coefficient (Wildman–Crippen LogP) is 5.34. The third-order valence-corrected chi connectivity index (χ3v) is 8.20. The summed E-state index contributed by atoms with van der Waals surface area (Å²) in [6, 6.07) is 10.0. The summed E-state index contributed by atoms with van der Waals surface area (Å²) < 4.78 is 61.1. The third-order valence-electron chi connectivity index (χ3n) is 7.83. The molecule has 0 amide bonds. The second-order valence-corrected chi connectivity index (χ2v) is 11.5. The molecule has 4 aromatic rings. The van der Waals surface area contributed by atoms with Gasteiger partial charge in [0.25, 0.3) is 5.56 Å². The van der Waals surface area contributed by atoms with Gasteiger partial charge in [-0.15, -0.1) is 0 Å². The quantitative estimate of drug-likeness (QED) is 0.108. The van der Waals surface area contributed by atoms with Crippen molar-refractivity contribution >= 4 is 40.6 Å². The average Bonchev–Trinajstić information content (AvgIpc) is 3.43. The van der Waals surface area contributed by atoms with Gasteiger partial charge in [-0.05, 0) is 23.8 Å². The smallest absolute Gasteiger partial charge is 0.417 e. The Morgan fingerprint density at radius 2 is 2.00 bits per heavy atom. The fraction of sp³-hybridized carbons (Fsp3) is 0.273. The van der Waals surface area contributed by atoms with Gasteiger partial charge in [-0.25, -0.2) is 4.98 Å². The number of fused-ring (bicyclic) bond motifs is 1. The van der Waals surface area contributed by atoms with Crippen LogP contribution < -0.4 is 20.9 Å². The number of morpholine rings is 1. The number of aryl methyl sites for hydroxylation is 1. The average molecular weight is 697 g/mol. The van der Waals surface area contributed by atoms with Crippen LogP contribution in [0.2, 0.25) is 5.02 Å². The summed E-state index contributed by atoms with van der Waals surface area (Å²) in [6.07, 6.45) is 3.94. The molecule has 16 heteroatoms. The van der Waals surface area contributed by atoms with Crippen molar-refractivity contribution < 1.29 is 27.4 Å². The van der Waals surface area contributed by atoms with Crippen molar-refractivity contribution in [2.45, 2.75) is 19.3 Å². The Morgan fingerprint density at radius 1 is 1.22 bits per heavy atom. The molecule has 1 saturated heterocycles. The Kier molecular flexibility index (Phi) is 10.0. The highest BCUT2D eigenvalue weighted by atomic mass is 35.5. The first-order valence-electron chi connectivity index (χ1n) is 15.2. The standard InChI is InChI=1S/C33H32ClF3N8O4/c1-43-29-28(34)27(49-26(17-38)24-16-23(7-8-39-24)44-9-12-47-13-10-44)18-40-30(29)42-32(43)41-25-15-22(33(35,36)37)19-45(31(25)46)11-14-48-20-21-5-3-2-4-6-21/h2-8,15-19,38-39H,9-14,20H2,1H3,(H,40,41,42)/b26-24+,38-17?. The molecular weight excluding hydrogens is 665 g/mol. The van der Waals surface area contributed by atoms with E-state index in [9.17, 15) is 18.0 Å². The summed E-state index contributed by atoms with van der Waals surface area (Å²) in [5.41, 5.74) is 0.718. The van der Waals surface area contributed by atoms with E-state index in [0.29, 0.717) is 24.4 Å². The van der Waals surface area contributed by atoms with Gasteiger partial charge in [-0.2, -0.15) is 18.2 Å². The van der Waals surface area contributed by atoms with Gasteiger partial charge in [0.05, 0.1) is 50.1 Å². The molecule has 0 aliphatic carbocycles. The van der Waals surface area contributed by atoms with E-state index in [1.807, 2.05) is 42.5 Å². The number of hydrogen-bond donors (Lipinski definition) is 3. The second kappa shape index (κ2) is 14.6. The number of nitrogens with one attached hydrogen (secondary N) is 3. The van der Waals surface area contributed by atoms with Crippen molar-refractivity contribution in [2.24, 2.45) is 7.05 Å². The zero-order chi connectivity index (χ0) is 34.5. The fourth-order valence-electron chi connectivity index (χ4n) is 5.29. The molecule has 2 aliphatic heterocycles. The van der Waals surface area contributed by atoms with E-state index in [2.05, 4.69) is 25.5 Å². The monoisotopic (exact) mass is 696 g/mol. The van der Waals surface area contributed by atoms with Gasteiger partial charge < -0.3 is 44.3 Å². The number of aromatic nitrogens is 4. The highest BCUT2D eigenvalue weighted by molar-refractivity contribution is 6.36. The van der Waals surface area contributed by atoms with E-state index in [-0.39, 0.29) is 53.6 Å². The zero-order valence-corrected chi connectivity index (χ0v) is 27.0. The molecule has 256 valence electrons. The molecule has 0 unspecified atom stereocenters. The first-order valence-corrected chi connectivity index (χ1v) is 15.6. The van der Waals surface area contributed by atoms with Crippen molar-refractivity contribution in [3.8, 4) is 5.75 Å². The maximum atomic E-state index is 13.9. The van der Waals surface area contributed by atoms with E-state index in [1.54, 1.807) is 13.2 Å². The number of allylic oxidation sites excluding steroid dienone is 3. The predicted molar refractivity (Wildman–Crippen MR) is 178 cm³/mol. The number of alkyl halides is 3. The van der Waals surface area contributed by atoms with Crippen molar-refractivity contribution in [1.82, 2.24) is 29.3 Å². The topological polar surface area (TPSA) is 132 Å². The Balaban J connectivity index is 1.25. The van der Waals surface area contributed by atoms with Gasteiger partial charge in [0.15, 0.2) is 17.2 Å². The lowest BCUT2D eigenvalue weighted by Gasteiger charge is -2.31. The molecule has 0 radical (unpaired) electrons. The normalized spacial score (nSPS) is 15.9. The van der Waals surface area contributed by atoms with Gasteiger partial charge in [0.1, 0.15) is 16.2 Å². The van der Waals surface area contributed by atoms with Gasteiger partial charge in [-0.3, -0.25) is 4.79 Å². The largest absolute Gasteiger partial charge is 0.450 e. The summed E-state index contributed by atoms with van der Waals surface area (Å²) in [5.74, 6) is 0.299. The van der Waals surface area contributed by atoms with Crippen LogP contribution in [0.5, 0.6) is 5.75 Å². The number of anilines is 2. The molecule has 5 heterocycles. The minimum absolute atomic E-state index is 0.00811. The number of halogens is 4. The van der Waals surface area contributed by atoms with Crippen LogP contribution in [0.1, 0.15) is 11.1 Å². The second-order valence-electron chi connectivity index (χ2n) is 11.1. The van der Waals surface area contributed by atoms with Crippen LogP contribution >= 0.6 is 11.6 Å². The molecule has 1 fully saturated rings. The Morgan fingerprint density at radius 3 is 2.73 bits per heavy atom. The van der Waals surface area contributed by atoms with Gasteiger partial charge >= 0.3 is 6.18 Å². The van der Waals surface area contributed by atoms with Gasteiger partial charge in [0, 0.05) is 44.8 Å². The van der Waals surface area contributed by atoms with E-state index in [4.69, 9.17) is 31.2 Å². The lowest BCUT2D eigenvalue weighted by atomic mass is 10.2. The van der Waals surface area contributed by atoms with Crippen LogP contribution in [-0.2, 0) is 35.8 Å². The molecule has 3 N–H and O–H groups in total. The Labute approximate surface area is 283 Å². The van der Waals surface area contributed by atoms with Gasteiger partial charge in [0.2, 0.25) is 5.95 Å². The van der Waals surface area contributed by atoms with Crippen molar-refractivity contribution in [3.05, 3.63) is 111 Å². The Bertz CT molecular complexity index is 2000. The maximum absolute atomic E-state index is 13.9. The zero-order valence-electron chi connectivity index (χ0n) is 26.3. The number of pyridine rings is 2. The number of dihydropyridines is 1. The number of benzene rings is 1.